The lowest BCUT2D eigenvalue weighted by Crippen LogP contribution is -2.80. The van der Waals surface area contributed by atoms with E-state index < -0.39 is 86.1 Å². The SMILES string of the molecule is CC(C)[Si]1(O)O[Si](O)(C(C)C)O[Si]2(C(C)C)O[Si](O)(C(C)C)O[Si](O)(C(C)C)O[Si](C(C)C)(O1)O2. The highest BCUT2D eigenvalue weighted by Crippen LogP contribution is 2.49. The van der Waals surface area contributed by atoms with E-state index in [9.17, 15) is 19.2 Å². The van der Waals surface area contributed by atoms with Gasteiger partial charge in [0.2, 0.25) is 0 Å². The zero-order chi connectivity index (χ0) is 27.4. The van der Waals surface area contributed by atoms with Crippen LogP contribution in [0.15, 0.2) is 0 Å². The van der Waals surface area contributed by atoms with Crippen molar-refractivity contribution in [2.45, 2.75) is 116 Å². The molecule has 2 saturated heterocycles. The fourth-order valence-electron chi connectivity index (χ4n) is 3.29. The van der Waals surface area contributed by atoms with Gasteiger partial charge in [-0.05, 0) is 0 Å². The van der Waals surface area contributed by atoms with Crippen molar-refractivity contribution in [2.75, 3.05) is 0 Å². The van der Waals surface area contributed by atoms with Gasteiger partial charge in [-0.25, -0.2) is 0 Å². The van der Waals surface area contributed by atoms with Gasteiger partial charge in [0.15, 0.2) is 0 Å². The minimum atomic E-state index is -4.20. The Kier molecular flexibility index (Phi) is 9.57. The second kappa shape index (κ2) is 10.4. The predicted molar refractivity (Wildman–Crippen MR) is 142 cm³/mol. The van der Waals surface area contributed by atoms with Gasteiger partial charge in [0, 0.05) is 33.2 Å². The summed E-state index contributed by atoms with van der Waals surface area (Å²) >= 11 is 0. The summed E-state index contributed by atoms with van der Waals surface area (Å²) in [6.07, 6.45) is 0. The molecule has 4 N–H and O–H groups in total. The number of hydrogen-bond donors (Lipinski definition) is 4. The standard InChI is InChI=1S/C18H46O11Si6/c1-13(2)30(19)23-31(20,14(3)4)26-35(18(11)12)28-33(22,16(7)8)24-32(21,15(5)6)27-34(25-30,29-35)17(9)10/h13-22H,1-12H3. The van der Waals surface area contributed by atoms with Crippen LogP contribution in [0.2, 0.25) is 33.2 Å². The smallest absolute Gasteiger partial charge is 0.390 e. The van der Waals surface area contributed by atoms with Crippen molar-refractivity contribution in [1.82, 2.24) is 0 Å². The van der Waals surface area contributed by atoms with Crippen LogP contribution in [0.1, 0.15) is 83.1 Å². The van der Waals surface area contributed by atoms with Crippen LogP contribution in [-0.4, -0.2) is 72.0 Å². The first-order valence-corrected chi connectivity index (χ1v) is 23.4. The number of fused-ring (bicyclic) bond motifs is 2. The van der Waals surface area contributed by atoms with E-state index in [2.05, 4.69) is 0 Å². The topological polar surface area (TPSA) is 146 Å². The van der Waals surface area contributed by atoms with Gasteiger partial charge >= 0.3 is 52.8 Å². The molecule has 0 amide bonds. The van der Waals surface area contributed by atoms with Crippen molar-refractivity contribution in [1.29, 1.82) is 0 Å². The highest BCUT2D eigenvalue weighted by atomic mass is 28.6. The monoisotopic (exact) mass is 606 g/mol. The van der Waals surface area contributed by atoms with Crippen molar-refractivity contribution < 1.29 is 48.0 Å². The molecule has 0 aromatic carbocycles. The third-order valence-electron chi connectivity index (χ3n) is 6.36. The van der Waals surface area contributed by atoms with Gasteiger partial charge in [0.1, 0.15) is 0 Å². The van der Waals surface area contributed by atoms with E-state index in [0.717, 1.165) is 0 Å². The molecule has 2 bridgehead atoms. The third kappa shape index (κ3) is 6.05. The van der Waals surface area contributed by atoms with Crippen LogP contribution in [0.25, 0.3) is 0 Å². The molecule has 0 radical (unpaired) electrons. The Morgan fingerprint density at radius 2 is 0.514 bits per heavy atom. The van der Waals surface area contributed by atoms with Gasteiger partial charge in [0.25, 0.3) is 0 Å². The van der Waals surface area contributed by atoms with Crippen LogP contribution < -0.4 is 0 Å². The summed E-state index contributed by atoms with van der Waals surface area (Å²) in [7, 11) is -25.0. The van der Waals surface area contributed by atoms with Gasteiger partial charge in [-0.1, -0.05) is 83.1 Å². The number of rotatable bonds is 6. The highest BCUT2D eigenvalue weighted by Gasteiger charge is 2.75. The van der Waals surface area contributed by atoms with Gasteiger partial charge in [-0.2, -0.15) is 0 Å². The minimum absolute atomic E-state index is 0.470. The summed E-state index contributed by atoms with van der Waals surface area (Å²) in [6, 6.07) is 0. The lowest BCUT2D eigenvalue weighted by molar-refractivity contribution is 0.0176. The van der Waals surface area contributed by atoms with Crippen LogP contribution in [0, 0.1) is 0 Å². The molecule has 2 rings (SSSR count). The second-order valence-corrected chi connectivity index (χ2v) is 31.5. The maximum atomic E-state index is 11.7. The Morgan fingerprint density at radius 1 is 0.314 bits per heavy atom. The molecule has 2 aliphatic rings. The zero-order valence-electron chi connectivity index (χ0n) is 23.1. The molecule has 2 aliphatic heterocycles. The molecule has 2 fully saturated rings. The fourth-order valence-corrected chi connectivity index (χ4v) is 33.4. The summed E-state index contributed by atoms with van der Waals surface area (Å²) in [5, 5.41) is 0. The van der Waals surface area contributed by atoms with Crippen molar-refractivity contribution in [2.24, 2.45) is 0 Å². The maximum absolute atomic E-state index is 11.7. The Hall–Kier alpha value is 0.861. The molecule has 4 unspecified atom stereocenters. The lowest BCUT2D eigenvalue weighted by Gasteiger charge is -2.56. The molecule has 0 saturated carbocycles. The first-order chi connectivity index (χ1) is 15.6. The molecular formula is C18H46O11Si6. The molecular weight excluding hydrogens is 561 g/mol. The molecule has 4 atom stereocenters. The Bertz CT molecular complexity index is 654. The van der Waals surface area contributed by atoms with Gasteiger partial charge in [-0.3, -0.25) is 0 Å². The Labute approximate surface area is 216 Å². The van der Waals surface area contributed by atoms with Crippen molar-refractivity contribution in [3.8, 4) is 0 Å². The summed E-state index contributed by atoms with van der Waals surface area (Å²) < 4.78 is 44.7. The van der Waals surface area contributed by atoms with Gasteiger partial charge in [0.05, 0.1) is 0 Å². The Balaban J connectivity index is 2.93. The summed E-state index contributed by atoms with van der Waals surface area (Å²) in [4.78, 5) is 47.0. The Morgan fingerprint density at radius 3 is 0.657 bits per heavy atom. The van der Waals surface area contributed by atoms with Crippen LogP contribution in [0.3, 0.4) is 0 Å². The first kappa shape index (κ1) is 32.1. The normalized spacial score (nSPS) is 43.7. The molecule has 0 spiro atoms. The number of hydrogen-bond acceptors (Lipinski definition) is 11. The summed E-state index contributed by atoms with van der Waals surface area (Å²) in [6.45, 7) is 21.0. The van der Waals surface area contributed by atoms with Gasteiger partial charge in [-0.15, -0.1) is 0 Å². The fraction of sp³-hybridized carbons (Fsp3) is 1.00. The predicted octanol–water partition coefficient (Wildman–Crippen LogP) is 3.19. The van der Waals surface area contributed by atoms with E-state index in [0.29, 0.717) is 0 Å². The van der Waals surface area contributed by atoms with E-state index in [1.807, 2.05) is 0 Å². The maximum Gasteiger partial charge on any atom is 0.486 e. The van der Waals surface area contributed by atoms with Crippen LogP contribution >= 0.6 is 0 Å². The molecule has 208 valence electrons. The van der Waals surface area contributed by atoms with E-state index in [1.165, 1.54) is 0 Å². The average molecular weight is 607 g/mol. The zero-order valence-corrected chi connectivity index (χ0v) is 29.1. The van der Waals surface area contributed by atoms with E-state index in [-0.39, 0.29) is 0 Å². The molecule has 0 aliphatic carbocycles. The molecule has 35 heavy (non-hydrogen) atoms. The third-order valence-corrected chi connectivity index (χ3v) is 31.2. The lowest BCUT2D eigenvalue weighted by atomic mass is 10.6. The van der Waals surface area contributed by atoms with Gasteiger partial charge < -0.3 is 48.0 Å². The molecule has 11 nitrogen and oxygen atoms in total. The molecule has 2 heterocycles. The minimum Gasteiger partial charge on any atom is -0.390 e. The molecule has 0 aromatic heterocycles. The largest absolute Gasteiger partial charge is 0.486 e. The summed E-state index contributed by atoms with van der Waals surface area (Å²) in [5.74, 6) is 0. The van der Waals surface area contributed by atoms with E-state index >= 15 is 0 Å². The molecule has 17 heteroatoms. The highest BCUT2D eigenvalue weighted by molar-refractivity contribution is 6.95. The van der Waals surface area contributed by atoms with E-state index in [4.69, 9.17) is 28.8 Å². The second-order valence-electron chi connectivity index (χ2n) is 11.4. The summed E-state index contributed by atoms with van der Waals surface area (Å²) in [5.41, 5.74) is -3.07. The van der Waals surface area contributed by atoms with Crippen LogP contribution in [0.5, 0.6) is 0 Å². The van der Waals surface area contributed by atoms with Crippen LogP contribution in [-0.2, 0) is 28.8 Å². The quantitative estimate of drug-likeness (QED) is 0.331. The molecule has 0 aromatic rings. The van der Waals surface area contributed by atoms with Crippen molar-refractivity contribution in [3.63, 3.8) is 0 Å². The van der Waals surface area contributed by atoms with E-state index in [1.54, 1.807) is 83.1 Å². The van der Waals surface area contributed by atoms with Crippen LogP contribution in [0.4, 0.5) is 0 Å². The van der Waals surface area contributed by atoms with Crippen molar-refractivity contribution in [3.05, 3.63) is 0 Å². The first-order valence-electron chi connectivity index (χ1n) is 12.4. The average Bonchev–Trinajstić information content (AvgIpc) is 2.64. The van der Waals surface area contributed by atoms with Crippen molar-refractivity contribution >= 4 is 52.8 Å².